The first kappa shape index (κ1) is 16.8. The van der Waals surface area contributed by atoms with E-state index in [1.54, 1.807) is 12.0 Å². The highest BCUT2D eigenvalue weighted by Crippen LogP contribution is 2.17. The van der Waals surface area contributed by atoms with Crippen molar-refractivity contribution in [1.82, 2.24) is 9.80 Å². The number of methoxy groups -OCH3 is 1. The number of likely N-dealkylation sites (tertiary alicyclic amines) is 1. The van der Waals surface area contributed by atoms with Gasteiger partial charge in [0.1, 0.15) is 5.75 Å². The Labute approximate surface area is 132 Å². The molecule has 1 amide bonds. The van der Waals surface area contributed by atoms with E-state index in [9.17, 15) is 4.79 Å². The molecule has 2 rings (SSSR count). The molecule has 0 bridgehead atoms. The molecule has 1 fully saturated rings. The number of amides is 1. The van der Waals surface area contributed by atoms with E-state index in [-0.39, 0.29) is 12.5 Å². The van der Waals surface area contributed by atoms with E-state index in [0.717, 1.165) is 37.2 Å². The molecule has 5 heteroatoms. The zero-order valence-corrected chi connectivity index (χ0v) is 13.5. The van der Waals surface area contributed by atoms with Crippen molar-refractivity contribution >= 4 is 5.91 Å². The number of likely N-dealkylation sites (N-methyl/N-ethyl adjacent to an activating group) is 1. The lowest BCUT2D eigenvalue weighted by Crippen LogP contribution is -2.42. The maximum absolute atomic E-state index is 12.3. The van der Waals surface area contributed by atoms with Crippen molar-refractivity contribution in [1.29, 1.82) is 0 Å². The topological polar surface area (TPSA) is 53.0 Å². The molecule has 1 heterocycles. The second kappa shape index (κ2) is 8.15. The normalized spacial score (nSPS) is 16.5. The Balaban J connectivity index is 1.82. The van der Waals surface area contributed by atoms with Crippen LogP contribution in [0.25, 0.3) is 0 Å². The maximum Gasteiger partial charge on any atom is 0.236 e. The van der Waals surface area contributed by atoms with E-state index in [0.29, 0.717) is 19.0 Å². The zero-order valence-electron chi connectivity index (χ0n) is 13.5. The molecule has 5 nitrogen and oxygen atoms in total. The number of piperidine rings is 1. The summed E-state index contributed by atoms with van der Waals surface area (Å²) in [5.41, 5.74) is 1.06. The van der Waals surface area contributed by atoms with Crippen LogP contribution in [0.3, 0.4) is 0 Å². The molecule has 1 saturated heterocycles. The Bertz CT molecular complexity index is 485. The van der Waals surface area contributed by atoms with Gasteiger partial charge in [0.05, 0.1) is 13.7 Å². The van der Waals surface area contributed by atoms with Crippen LogP contribution in [0.1, 0.15) is 18.4 Å². The van der Waals surface area contributed by atoms with Crippen LogP contribution in [0.4, 0.5) is 0 Å². The van der Waals surface area contributed by atoms with Gasteiger partial charge in [-0.2, -0.15) is 0 Å². The van der Waals surface area contributed by atoms with Gasteiger partial charge in [0.15, 0.2) is 0 Å². The molecule has 1 aliphatic heterocycles. The number of benzene rings is 1. The Hall–Kier alpha value is -1.59. The number of rotatable bonds is 6. The summed E-state index contributed by atoms with van der Waals surface area (Å²) in [5.74, 6) is 1.34. The largest absolute Gasteiger partial charge is 0.497 e. The number of aliphatic hydroxyl groups excluding tert-OH is 1. The van der Waals surface area contributed by atoms with Crippen LogP contribution < -0.4 is 4.74 Å². The fraction of sp³-hybridized carbons (Fsp3) is 0.588. The average molecular weight is 306 g/mol. The smallest absolute Gasteiger partial charge is 0.236 e. The first-order chi connectivity index (χ1) is 10.6. The fourth-order valence-corrected chi connectivity index (χ4v) is 2.77. The van der Waals surface area contributed by atoms with Crippen molar-refractivity contribution in [2.75, 3.05) is 40.4 Å². The lowest BCUT2D eigenvalue weighted by Gasteiger charge is -2.31. The van der Waals surface area contributed by atoms with Crippen LogP contribution in [0.2, 0.25) is 0 Å². The lowest BCUT2D eigenvalue weighted by molar-refractivity contribution is -0.132. The van der Waals surface area contributed by atoms with Gasteiger partial charge in [-0.3, -0.25) is 9.69 Å². The van der Waals surface area contributed by atoms with Gasteiger partial charge in [0.25, 0.3) is 0 Å². The second-order valence-electron chi connectivity index (χ2n) is 6.00. The summed E-state index contributed by atoms with van der Waals surface area (Å²) in [7, 11) is 3.48. The summed E-state index contributed by atoms with van der Waals surface area (Å²) < 4.78 is 5.21. The van der Waals surface area contributed by atoms with Crippen molar-refractivity contribution in [3.8, 4) is 5.75 Å². The van der Waals surface area contributed by atoms with Gasteiger partial charge in [0, 0.05) is 20.2 Å². The fourth-order valence-electron chi connectivity index (χ4n) is 2.77. The lowest BCUT2D eigenvalue weighted by atomic mass is 9.98. The highest BCUT2D eigenvalue weighted by Gasteiger charge is 2.21. The number of carbonyl (C=O) groups is 1. The Morgan fingerprint density at radius 1 is 1.41 bits per heavy atom. The first-order valence-corrected chi connectivity index (χ1v) is 7.82. The van der Waals surface area contributed by atoms with E-state index in [2.05, 4.69) is 4.90 Å². The van der Waals surface area contributed by atoms with Crippen LogP contribution in [-0.4, -0.2) is 61.2 Å². The van der Waals surface area contributed by atoms with Gasteiger partial charge in [-0.15, -0.1) is 0 Å². The number of nitrogens with zero attached hydrogens (tertiary/aromatic N) is 2. The monoisotopic (exact) mass is 306 g/mol. The average Bonchev–Trinajstić information content (AvgIpc) is 2.55. The van der Waals surface area contributed by atoms with E-state index in [1.165, 1.54) is 0 Å². The third-order valence-electron chi connectivity index (χ3n) is 4.30. The summed E-state index contributed by atoms with van der Waals surface area (Å²) in [6.07, 6.45) is 1.95. The molecule has 122 valence electrons. The van der Waals surface area contributed by atoms with E-state index >= 15 is 0 Å². The summed E-state index contributed by atoms with van der Waals surface area (Å²) in [5, 5.41) is 9.15. The summed E-state index contributed by atoms with van der Waals surface area (Å²) in [6.45, 7) is 3.09. The number of hydrogen-bond acceptors (Lipinski definition) is 4. The zero-order chi connectivity index (χ0) is 15.9. The third-order valence-corrected chi connectivity index (χ3v) is 4.30. The molecule has 1 aromatic carbocycles. The Morgan fingerprint density at radius 3 is 2.77 bits per heavy atom. The van der Waals surface area contributed by atoms with Crippen molar-refractivity contribution in [3.05, 3.63) is 29.8 Å². The second-order valence-corrected chi connectivity index (χ2v) is 6.00. The number of carbonyl (C=O) groups excluding carboxylic acids is 1. The van der Waals surface area contributed by atoms with Crippen molar-refractivity contribution in [2.24, 2.45) is 5.92 Å². The molecule has 1 N–H and O–H groups in total. The maximum atomic E-state index is 12.3. The van der Waals surface area contributed by atoms with Crippen molar-refractivity contribution < 1.29 is 14.6 Å². The minimum atomic E-state index is 0.130. The van der Waals surface area contributed by atoms with E-state index in [1.807, 2.05) is 31.3 Å². The molecule has 0 aromatic heterocycles. The van der Waals surface area contributed by atoms with Crippen LogP contribution in [0.5, 0.6) is 5.75 Å². The molecule has 1 aromatic rings. The van der Waals surface area contributed by atoms with E-state index in [4.69, 9.17) is 9.84 Å². The molecule has 0 spiro atoms. The SMILES string of the molecule is COc1cccc(CN(C)C(=O)CN2CCC(CO)CC2)c1. The van der Waals surface area contributed by atoms with Gasteiger partial charge in [0.2, 0.25) is 5.91 Å². The first-order valence-electron chi connectivity index (χ1n) is 7.82. The highest BCUT2D eigenvalue weighted by molar-refractivity contribution is 5.78. The predicted molar refractivity (Wildman–Crippen MR) is 85.7 cm³/mol. The van der Waals surface area contributed by atoms with Gasteiger partial charge >= 0.3 is 0 Å². The van der Waals surface area contributed by atoms with Crippen molar-refractivity contribution in [3.63, 3.8) is 0 Å². The Kier molecular flexibility index (Phi) is 6.21. The van der Waals surface area contributed by atoms with Gasteiger partial charge in [-0.05, 0) is 49.5 Å². The number of aliphatic hydroxyl groups is 1. The number of hydrogen-bond donors (Lipinski definition) is 1. The standard InChI is InChI=1S/C17H26N2O3/c1-18(11-15-4-3-5-16(10-15)22-2)17(21)12-19-8-6-14(13-20)7-9-19/h3-5,10,14,20H,6-9,11-13H2,1-2H3. The molecular weight excluding hydrogens is 280 g/mol. The summed E-state index contributed by atoms with van der Waals surface area (Å²) in [4.78, 5) is 16.3. The molecule has 0 aliphatic carbocycles. The van der Waals surface area contributed by atoms with Gasteiger partial charge in [-0.1, -0.05) is 12.1 Å². The van der Waals surface area contributed by atoms with E-state index < -0.39 is 0 Å². The van der Waals surface area contributed by atoms with Crippen LogP contribution in [0, 0.1) is 5.92 Å². The van der Waals surface area contributed by atoms with Gasteiger partial charge in [-0.25, -0.2) is 0 Å². The quantitative estimate of drug-likeness (QED) is 0.862. The number of ether oxygens (including phenoxy) is 1. The third kappa shape index (κ3) is 4.71. The summed E-state index contributed by atoms with van der Waals surface area (Å²) >= 11 is 0. The minimum absolute atomic E-state index is 0.130. The molecule has 1 aliphatic rings. The molecule has 22 heavy (non-hydrogen) atoms. The van der Waals surface area contributed by atoms with Gasteiger partial charge < -0.3 is 14.7 Å². The Morgan fingerprint density at radius 2 is 2.14 bits per heavy atom. The molecule has 0 saturated carbocycles. The molecule has 0 radical (unpaired) electrons. The molecule has 0 atom stereocenters. The van der Waals surface area contributed by atoms with Crippen LogP contribution >= 0.6 is 0 Å². The van der Waals surface area contributed by atoms with Crippen LogP contribution in [-0.2, 0) is 11.3 Å². The van der Waals surface area contributed by atoms with Crippen LogP contribution in [0.15, 0.2) is 24.3 Å². The molecular formula is C17H26N2O3. The summed E-state index contributed by atoms with van der Waals surface area (Å²) in [6, 6.07) is 7.79. The minimum Gasteiger partial charge on any atom is -0.497 e. The highest BCUT2D eigenvalue weighted by atomic mass is 16.5. The predicted octanol–water partition coefficient (Wildman–Crippen LogP) is 1.36. The van der Waals surface area contributed by atoms with Crippen molar-refractivity contribution in [2.45, 2.75) is 19.4 Å². The molecule has 0 unspecified atom stereocenters.